The van der Waals surface area contributed by atoms with E-state index in [1.54, 1.807) is 183 Å². The molecule has 0 spiro atoms. The molecule has 0 fully saturated rings. The number of methoxy groups -OCH3 is 1. The van der Waals surface area contributed by atoms with Crippen LogP contribution < -0.4 is 78.0 Å². The number of carbonyl (C=O) groups is 5. The lowest BCUT2D eigenvalue weighted by atomic mass is 10.2. The second-order valence-electron chi connectivity index (χ2n) is 24.4. The summed E-state index contributed by atoms with van der Waals surface area (Å²) in [4.78, 5) is 88.8. The number of aromatic hydroxyl groups is 1. The van der Waals surface area contributed by atoms with E-state index >= 15 is 0 Å². The predicted molar refractivity (Wildman–Crippen MR) is 449 cm³/mol. The molecule has 38 heteroatoms. The van der Waals surface area contributed by atoms with Crippen LogP contribution in [0.4, 0.5) is 133 Å². The Morgan fingerprint density at radius 3 is 0.967 bits per heavy atom. The van der Waals surface area contributed by atoms with E-state index in [2.05, 4.69) is 123 Å². The molecule has 4 amide bonds. The van der Waals surface area contributed by atoms with Gasteiger partial charge in [0.25, 0.3) is 5.91 Å². The number of carboxylic acids is 1. The molecule has 4 aromatic heterocycles. The fraction of sp³-hybridized carbons (Fsp3) is 0.0964. The smallest absolute Gasteiger partial charge is 0.341 e. The van der Waals surface area contributed by atoms with E-state index < -0.39 is 54.5 Å². The van der Waals surface area contributed by atoms with Crippen molar-refractivity contribution >= 4 is 145 Å². The number of amides is 4. The van der Waals surface area contributed by atoms with Gasteiger partial charge < -0.3 is 108 Å². The van der Waals surface area contributed by atoms with Crippen molar-refractivity contribution in [2.45, 2.75) is 6.10 Å². The van der Waals surface area contributed by atoms with E-state index in [9.17, 15) is 51.7 Å². The number of hydrogen-bond acceptors (Lipinski definition) is 29. The van der Waals surface area contributed by atoms with Crippen molar-refractivity contribution in [3.63, 3.8) is 0 Å². The van der Waals surface area contributed by atoms with Gasteiger partial charge in [-0.05, 0) is 188 Å². The van der Waals surface area contributed by atoms with E-state index in [1.807, 2.05) is 0 Å². The fourth-order valence-electron chi connectivity index (χ4n) is 9.71. The molecule has 12 rings (SSSR count). The van der Waals surface area contributed by atoms with Gasteiger partial charge in [-0.15, -0.1) is 0 Å². The van der Waals surface area contributed by atoms with Crippen molar-refractivity contribution in [3.05, 3.63) is 280 Å². The van der Waals surface area contributed by atoms with Crippen molar-refractivity contribution < 1.29 is 86.0 Å². The third-order valence-corrected chi connectivity index (χ3v) is 15.3. The zero-order valence-electron chi connectivity index (χ0n) is 64.0. The number of nitrogens with zero attached hydrogens (tertiary/aromatic N) is 8. The van der Waals surface area contributed by atoms with Crippen LogP contribution in [0.5, 0.6) is 23.0 Å². The van der Waals surface area contributed by atoms with Gasteiger partial charge in [-0.1, -0.05) is 44.0 Å². The Morgan fingerprint density at radius 2 is 0.678 bits per heavy atom. The number of carbonyl (C=O) groups excluding carboxylic acids is 4. The van der Waals surface area contributed by atoms with Crippen molar-refractivity contribution in [1.29, 1.82) is 0 Å². The van der Waals surface area contributed by atoms with Gasteiger partial charge in [-0.3, -0.25) is 19.2 Å². The van der Waals surface area contributed by atoms with Gasteiger partial charge in [-0.2, -0.15) is 19.9 Å². The summed E-state index contributed by atoms with van der Waals surface area (Å²) in [6, 6.07) is 53.3. The number of carboxylic acid groups (broad SMARTS) is 1. The maximum Gasteiger partial charge on any atom is 0.341 e. The molecule has 0 aliphatic rings. The van der Waals surface area contributed by atoms with Crippen molar-refractivity contribution in [2.75, 3.05) is 111 Å². The van der Waals surface area contributed by atoms with Crippen LogP contribution in [0.3, 0.4) is 0 Å². The lowest BCUT2D eigenvalue weighted by Gasteiger charge is -2.12. The zero-order valence-corrected chi connectivity index (χ0v) is 64.0. The maximum absolute atomic E-state index is 14.3. The van der Waals surface area contributed by atoms with Gasteiger partial charge in [0.15, 0.2) is 59.3 Å². The Morgan fingerprint density at radius 1 is 0.388 bits per heavy atom. The molecule has 121 heavy (non-hydrogen) atoms. The number of hydrogen-bond donors (Lipinski definition) is 17. The first-order valence-corrected chi connectivity index (χ1v) is 35.9. The van der Waals surface area contributed by atoms with Crippen LogP contribution in [0.15, 0.2) is 257 Å². The number of aliphatic carboxylic acids is 1. The third-order valence-electron chi connectivity index (χ3n) is 15.3. The number of anilines is 20. The molecule has 8 aromatic carbocycles. The summed E-state index contributed by atoms with van der Waals surface area (Å²) < 4.78 is 77.6. The summed E-state index contributed by atoms with van der Waals surface area (Å²) in [5.41, 5.74) is 6.51. The standard InChI is InChI=1S/C22H24FN5O5.C21H18FN5O4.C21H20FN5O3.C19H16FN5O2/c1-32-9-10-33-17-7-5-14(6-8-17)27-22-24-12-18(23)20(28-22)25-15-3-2-4-16(11-15)26-21(31)19(30)13-29;1-2-18(28)24-14-4-3-5-15(10-14)25-20-17(22)11-23-21(27-20)26-13-6-8-16(9-7-13)31-12-19(29)30;1-2-19(29)24-15-4-3-5-16(12-15)25-20-18(22)13-23-21(27-20)26-14-6-8-17(9-7-14)30-11-10-28;1-2-17(27)22-13-4-3-5-14(10-13)23-18-16(20)11-21-19(25-18)24-12-6-8-15(26)9-7-12/h2-8,11-12,19,29-30H,9-10,13H2,1H3,(H,26,31)(H2,24,25,27,28);2-11H,1,12H2,(H,24,28)(H,29,30)(H2,23,25,26,27);2-9,12-13,28H,1,10-11H2,(H,24,29)(H2,23,25,26,27);2-11,26H,1H2,(H,22,27)(H2,21,23,24,25). The molecule has 4 heterocycles. The van der Waals surface area contributed by atoms with Crippen LogP contribution in [0.1, 0.15) is 0 Å². The van der Waals surface area contributed by atoms with Crippen LogP contribution >= 0.6 is 0 Å². The first-order chi connectivity index (χ1) is 58.5. The number of rotatable bonds is 35. The molecular weight excluding hydrogens is 1580 g/mol. The quantitative estimate of drug-likeness (QED) is 0.00759. The number of benzene rings is 8. The van der Waals surface area contributed by atoms with Gasteiger partial charge in [0.1, 0.15) is 36.2 Å². The maximum atomic E-state index is 14.3. The molecule has 0 bridgehead atoms. The molecule has 622 valence electrons. The second-order valence-corrected chi connectivity index (χ2v) is 24.4. The average molecular weight is 1660 g/mol. The zero-order chi connectivity index (χ0) is 86.4. The normalized spacial score (nSPS) is 10.5. The average Bonchev–Trinajstić information content (AvgIpc) is 0.849. The number of aromatic nitrogens is 8. The monoisotopic (exact) mass is 1650 g/mol. The lowest BCUT2D eigenvalue weighted by molar-refractivity contribution is -0.139. The summed E-state index contributed by atoms with van der Waals surface area (Å²) >= 11 is 0. The Bertz CT molecular complexity index is 5520. The highest BCUT2D eigenvalue weighted by Crippen LogP contribution is 2.30. The van der Waals surface area contributed by atoms with Crippen LogP contribution in [-0.2, 0) is 28.7 Å². The third kappa shape index (κ3) is 29.9. The predicted octanol–water partition coefficient (Wildman–Crippen LogP) is 13.6. The van der Waals surface area contributed by atoms with E-state index in [1.165, 1.54) is 18.2 Å². The van der Waals surface area contributed by atoms with Crippen molar-refractivity contribution in [3.8, 4) is 23.0 Å². The number of ether oxygens (including phenoxy) is 4. The molecule has 17 N–H and O–H groups in total. The Kier molecular flexibility index (Phi) is 33.6. The first-order valence-electron chi connectivity index (χ1n) is 35.9. The van der Waals surface area contributed by atoms with E-state index in [-0.39, 0.29) is 83.7 Å². The Balaban J connectivity index is 0.000000184. The Labute approximate surface area is 687 Å². The van der Waals surface area contributed by atoms with Gasteiger partial charge in [0.05, 0.1) is 44.6 Å². The minimum absolute atomic E-state index is 0.0254. The molecule has 0 saturated heterocycles. The van der Waals surface area contributed by atoms with E-state index in [4.69, 9.17) is 34.3 Å². The minimum atomic E-state index is -1.54. The Hall–Kier alpha value is -16.2. The van der Waals surface area contributed by atoms with Crippen LogP contribution in [0.2, 0.25) is 0 Å². The summed E-state index contributed by atoms with van der Waals surface area (Å²) in [6.07, 6.45) is 6.07. The molecule has 1 atom stereocenters. The largest absolute Gasteiger partial charge is 0.508 e. The molecule has 0 aliphatic carbocycles. The number of aliphatic hydroxyl groups is 3. The number of nitrogens with one attached hydrogen (secondary N) is 12. The number of halogens is 4. The number of aliphatic hydroxyl groups excluding tert-OH is 3. The number of phenolic OH excluding ortho intramolecular Hbond substituents is 1. The highest BCUT2D eigenvalue weighted by molar-refractivity contribution is 6.00. The first kappa shape index (κ1) is 88.8. The van der Waals surface area contributed by atoms with E-state index in [0.717, 1.165) is 43.0 Å². The lowest BCUT2D eigenvalue weighted by Crippen LogP contribution is -2.30. The van der Waals surface area contributed by atoms with Crippen molar-refractivity contribution in [2.24, 2.45) is 0 Å². The topological polar surface area (TPSA) is 471 Å². The van der Waals surface area contributed by atoms with Gasteiger partial charge in [-0.25, -0.2) is 42.3 Å². The van der Waals surface area contributed by atoms with E-state index in [0.29, 0.717) is 98.7 Å². The second kappa shape index (κ2) is 45.8. The highest BCUT2D eigenvalue weighted by Gasteiger charge is 2.17. The molecule has 12 aromatic rings. The fourth-order valence-corrected chi connectivity index (χ4v) is 9.71. The van der Waals surface area contributed by atoms with Gasteiger partial charge in [0.2, 0.25) is 41.5 Å². The molecule has 34 nitrogen and oxygen atoms in total. The van der Waals surface area contributed by atoms with Crippen LogP contribution in [0.25, 0.3) is 0 Å². The number of phenols is 1. The summed E-state index contributed by atoms with van der Waals surface area (Å²) in [5.74, 6) is -3.20. The molecule has 0 saturated carbocycles. The van der Waals surface area contributed by atoms with Gasteiger partial charge in [0, 0.05) is 75.4 Å². The van der Waals surface area contributed by atoms with Crippen LogP contribution in [-0.4, -0.2) is 148 Å². The molecule has 1 unspecified atom stereocenters. The summed E-state index contributed by atoms with van der Waals surface area (Å²) in [7, 11) is 1.60. The van der Waals surface area contributed by atoms with Gasteiger partial charge >= 0.3 is 5.97 Å². The molecular formula is C83H78F4N20O14. The SMILES string of the molecule is C=CC(=O)Nc1cccc(Nc2nc(Nc3ccc(O)cc3)ncc2F)c1.C=CC(=O)Nc1cccc(Nc2nc(Nc3ccc(OCC(=O)O)cc3)ncc2F)c1.C=CC(=O)Nc1cccc(Nc2nc(Nc3ccc(OCCO)cc3)ncc2F)c1.COCCOc1ccc(Nc2ncc(F)c(Nc3cccc(NC(=O)C(O)CO)c3)n2)cc1. The molecule has 0 aliphatic heterocycles. The minimum Gasteiger partial charge on any atom is -0.508 e. The van der Waals surface area contributed by atoms with Crippen LogP contribution in [0, 0.1) is 23.3 Å². The van der Waals surface area contributed by atoms with Crippen molar-refractivity contribution in [1.82, 2.24) is 39.9 Å². The molecule has 0 radical (unpaired) electrons. The summed E-state index contributed by atoms with van der Waals surface area (Å²) in [5, 5.41) is 78.5. The highest BCUT2D eigenvalue weighted by atomic mass is 19.1. The summed E-state index contributed by atoms with van der Waals surface area (Å²) in [6.45, 7) is 10.1.